The molecule has 1 N–H and O–H groups in total. The molecule has 0 saturated carbocycles. The van der Waals surface area contributed by atoms with E-state index in [-0.39, 0.29) is 12.5 Å². The van der Waals surface area contributed by atoms with E-state index in [1.165, 1.54) is 10.9 Å². The Labute approximate surface area is 133 Å². The zero-order valence-corrected chi connectivity index (χ0v) is 12.5. The molecule has 1 amide bonds. The van der Waals surface area contributed by atoms with Gasteiger partial charge in [0.05, 0.1) is 11.2 Å². The van der Waals surface area contributed by atoms with Crippen LogP contribution in [-0.4, -0.2) is 15.7 Å². The Hall–Kier alpha value is -2.59. The molecule has 3 rings (SSSR count). The second kappa shape index (κ2) is 6.45. The molecule has 0 spiro atoms. The second-order valence-electron chi connectivity index (χ2n) is 4.82. The highest BCUT2D eigenvalue weighted by Gasteiger charge is 2.09. The number of halogens is 1. The van der Waals surface area contributed by atoms with E-state index >= 15 is 0 Å². The predicted octanol–water partition coefficient (Wildman–Crippen LogP) is 3.84. The minimum absolute atomic E-state index is 0.121. The first kappa shape index (κ1) is 14.4. The number of carbonyl (C=O) groups is 1. The number of nitrogens with zero attached hydrogens (tertiary/aromatic N) is 2. The summed E-state index contributed by atoms with van der Waals surface area (Å²) in [6.45, 7) is 0.121. The van der Waals surface area contributed by atoms with Gasteiger partial charge in [-0.3, -0.25) is 9.48 Å². The molecule has 110 valence electrons. The van der Waals surface area contributed by atoms with Crippen LogP contribution in [0.2, 0.25) is 5.02 Å². The first-order chi connectivity index (χ1) is 10.7. The minimum Gasteiger partial charge on any atom is -0.324 e. The van der Waals surface area contributed by atoms with Crippen LogP contribution in [0.4, 0.5) is 5.69 Å². The van der Waals surface area contributed by atoms with Crippen LogP contribution in [0.15, 0.2) is 67.0 Å². The fourth-order valence-corrected chi connectivity index (χ4v) is 2.38. The molecule has 0 fully saturated rings. The topological polar surface area (TPSA) is 46.9 Å². The highest BCUT2D eigenvalue weighted by molar-refractivity contribution is 6.30. The van der Waals surface area contributed by atoms with Gasteiger partial charge in [-0.2, -0.15) is 5.10 Å². The maximum absolute atomic E-state index is 12.2. The lowest BCUT2D eigenvalue weighted by atomic mass is 10.0. The van der Waals surface area contributed by atoms with Crippen LogP contribution < -0.4 is 5.32 Å². The smallest absolute Gasteiger partial charge is 0.246 e. The van der Waals surface area contributed by atoms with Crippen molar-refractivity contribution in [1.29, 1.82) is 0 Å². The summed E-state index contributed by atoms with van der Waals surface area (Å²) in [6, 6.07) is 17.6. The lowest BCUT2D eigenvalue weighted by molar-refractivity contribution is -0.116. The van der Waals surface area contributed by atoms with E-state index in [0.29, 0.717) is 5.02 Å². The fraction of sp³-hybridized carbons (Fsp3) is 0.0588. The van der Waals surface area contributed by atoms with E-state index in [1.54, 1.807) is 6.20 Å². The van der Waals surface area contributed by atoms with Gasteiger partial charge in [0.25, 0.3) is 0 Å². The predicted molar refractivity (Wildman–Crippen MR) is 87.7 cm³/mol. The van der Waals surface area contributed by atoms with Gasteiger partial charge < -0.3 is 5.32 Å². The Balaban J connectivity index is 1.79. The summed E-state index contributed by atoms with van der Waals surface area (Å²) in [5.41, 5.74) is 2.81. The molecule has 4 nitrogen and oxygen atoms in total. The molecule has 3 aromatic rings. The number of benzene rings is 2. The minimum atomic E-state index is -0.150. The van der Waals surface area contributed by atoms with Crippen LogP contribution in [0.25, 0.3) is 11.1 Å². The van der Waals surface area contributed by atoms with Crippen LogP contribution in [-0.2, 0) is 11.3 Å². The fourth-order valence-electron chi connectivity index (χ4n) is 2.22. The SMILES string of the molecule is O=C(Cn1cc(Cl)cn1)Nc1ccccc1-c1ccccc1. The highest BCUT2D eigenvalue weighted by atomic mass is 35.5. The van der Waals surface area contributed by atoms with Crippen LogP contribution in [0.1, 0.15) is 0 Å². The molecule has 22 heavy (non-hydrogen) atoms. The van der Waals surface area contributed by atoms with Crippen molar-refractivity contribution in [1.82, 2.24) is 9.78 Å². The summed E-state index contributed by atoms with van der Waals surface area (Å²) in [5, 5.41) is 7.44. The molecular weight excluding hydrogens is 298 g/mol. The van der Waals surface area contributed by atoms with Crippen molar-refractivity contribution in [2.24, 2.45) is 0 Å². The molecule has 0 aliphatic heterocycles. The molecule has 0 bridgehead atoms. The summed E-state index contributed by atoms with van der Waals surface area (Å²) in [6.07, 6.45) is 3.12. The number of carbonyl (C=O) groups excluding carboxylic acids is 1. The summed E-state index contributed by atoms with van der Waals surface area (Å²) >= 11 is 5.79. The van der Waals surface area contributed by atoms with E-state index in [9.17, 15) is 4.79 Å². The Bertz CT molecular complexity index is 783. The normalized spacial score (nSPS) is 10.4. The van der Waals surface area contributed by atoms with E-state index in [4.69, 9.17) is 11.6 Å². The maximum atomic E-state index is 12.2. The van der Waals surface area contributed by atoms with Crippen molar-refractivity contribution >= 4 is 23.2 Å². The summed E-state index contributed by atoms with van der Waals surface area (Å²) in [7, 11) is 0. The Morgan fingerprint density at radius 1 is 1.09 bits per heavy atom. The molecule has 0 atom stereocenters. The Morgan fingerprint density at radius 3 is 2.55 bits per heavy atom. The number of nitrogens with one attached hydrogen (secondary N) is 1. The molecule has 5 heteroatoms. The van der Waals surface area contributed by atoms with Gasteiger partial charge in [0, 0.05) is 17.4 Å². The van der Waals surface area contributed by atoms with Crippen LogP contribution in [0, 0.1) is 0 Å². The van der Waals surface area contributed by atoms with Crippen molar-refractivity contribution in [3.05, 3.63) is 72.0 Å². The van der Waals surface area contributed by atoms with Crippen LogP contribution in [0.5, 0.6) is 0 Å². The molecule has 1 heterocycles. The zero-order valence-electron chi connectivity index (χ0n) is 11.7. The van der Waals surface area contributed by atoms with Gasteiger partial charge in [0.15, 0.2) is 0 Å². The van der Waals surface area contributed by atoms with Gasteiger partial charge >= 0.3 is 0 Å². The quantitative estimate of drug-likeness (QED) is 0.795. The van der Waals surface area contributed by atoms with Crippen molar-refractivity contribution < 1.29 is 4.79 Å². The number of rotatable bonds is 4. The summed E-state index contributed by atoms with van der Waals surface area (Å²) in [5.74, 6) is -0.150. The maximum Gasteiger partial charge on any atom is 0.246 e. The van der Waals surface area contributed by atoms with Crippen molar-refractivity contribution in [3.8, 4) is 11.1 Å². The van der Waals surface area contributed by atoms with Gasteiger partial charge in [-0.25, -0.2) is 0 Å². The zero-order chi connectivity index (χ0) is 15.4. The van der Waals surface area contributed by atoms with Gasteiger partial charge in [-0.1, -0.05) is 60.1 Å². The average molecular weight is 312 g/mol. The number of anilines is 1. The number of para-hydroxylation sites is 1. The standard InChI is InChI=1S/C17H14ClN3O/c18-14-10-19-21(11-14)12-17(22)20-16-9-5-4-8-15(16)13-6-2-1-3-7-13/h1-11H,12H2,(H,20,22). The van der Waals surface area contributed by atoms with Crippen LogP contribution >= 0.6 is 11.6 Å². The molecule has 1 aromatic heterocycles. The first-order valence-corrected chi connectivity index (χ1v) is 7.22. The van der Waals surface area contributed by atoms with Gasteiger partial charge in [0.1, 0.15) is 6.54 Å². The highest BCUT2D eigenvalue weighted by Crippen LogP contribution is 2.27. The molecule has 2 aromatic carbocycles. The van der Waals surface area contributed by atoms with E-state index in [1.807, 2.05) is 54.6 Å². The third-order valence-corrected chi connectivity index (χ3v) is 3.39. The van der Waals surface area contributed by atoms with Gasteiger partial charge in [0.2, 0.25) is 5.91 Å². The van der Waals surface area contributed by atoms with E-state index in [2.05, 4.69) is 10.4 Å². The van der Waals surface area contributed by atoms with Crippen molar-refractivity contribution in [2.75, 3.05) is 5.32 Å². The largest absolute Gasteiger partial charge is 0.324 e. The molecule has 0 aliphatic rings. The molecule has 0 aliphatic carbocycles. The Kier molecular flexibility index (Phi) is 4.21. The number of hydrogen-bond donors (Lipinski definition) is 1. The van der Waals surface area contributed by atoms with Crippen molar-refractivity contribution in [3.63, 3.8) is 0 Å². The second-order valence-corrected chi connectivity index (χ2v) is 5.25. The number of hydrogen-bond acceptors (Lipinski definition) is 2. The third-order valence-electron chi connectivity index (χ3n) is 3.19. The first-order valence-electron chi connectivity index (χ1n) is 6.84. The molecule has 0 unspecified atom stereocenters. The van der Waals surface area contributed by atoms with E-state index < -0.39 is 0 Å². The van der Waals surface area contributed by atoms with Crippen LogP contribution in [0.3, 0.4) is 0 Å². The number of aromatic nitrogens is 2. The van der Waals surface area contributed by atoms with E-state index in [0.717, 1.165) is 16.8 Å². The van der Waals surface area contributed by atoms with Gasteiger partial charge in [-0.05, 0) is 11.6 Å². The van der Waals surface area contributed by atoms with Crippen molar-refractivity contribution in [2.45, 2.75) is 6.54 Å². The average Bonchev–Trinajstić information content (AvgIpc) is 2.93. The molecule has 0 radical (unpaired) electrons. The van der Waals surface area contributed by atoms with Gasteiger partial charge in [-0.15, -0.1) is 0 Å². The lowest BCUT2D eigenvalue weighted by Crippen LogP contribution is -2.19. The third kappa shape index (κ3) is 3.35. The lowest BCUT2D eigenvalue weighted by Gasteiger charge is -2.11. The monoisotopic (exact) mass is 311 g/mol. The number of amides is 1. The molecular formula is C17H14ClN3O. The summed E-state index contributed by atoms with van der Waals surface area (Å²) in [4.78, 5) is 12.2. The Morgan fingerprint density at radius 2 is 1.82 bits per heavy atom. The molecule has 0 saturated heterocycles. The summed E-state index contributed by atoms with van der Waals surface area (Å²) < 4.78 is 1.50.